The van der Waals surface area contributed by atoms with E-state index in [4.69, 9.17) is 20.6 Å². The molecule has 8 nitrogen and oxygen atoms in total. The van der Waals surface area contributed by atoms with E-state index in [0.717, 1.165) is 11.1 Å². The Morgan fingerprint density at radius 1 is 1.18 bits per heavy atom. The van der Waals surface area contributed by atoms with Gasteiger partial charge in [0.05, 0.1) is 26.1 Å². The maximum Gasteiger partial charge on any atom is 0.309 e. The second-order valence-corrected chi connectivity index (χ2v) is 8.18. The average Bonchev–Trinajstić information content (AvgIpc) is 3.43. The summed E-state index contributed by atoms with van der Waals surface area (Å²) in [5, 5.41) is 10.3. The van der Waals surface area contributed by atoms with E-state index in [1.54, 1.807) is 32.4 Å². The summed E-state index contributed by atoms with van der Waals surface area (Å²) in [7, 11) is 3.22. The SMILES string of the molecule is C#CCN(C)C(=O)CN1CC(c2ccc3c(c2)OCO3)[C@H](C(=O)O)[C@H]1c1ccc(OC)cc1. The molecular weight excluding hydrogens is 424 g/mol. The average molecular weight is 450 g/mol. The molecule has 0 radical (unpaired) electrons. The van der Waals surface area contributed by atoms with E-state index in [9.17, 15) is 14.7 Å². The van der Waals surface area contributed by atoms with Crippen LogP contribution in [0.3, 0.4) is 0 Å². The van der Waals surface area contributed by atoms with Gasteiger partial charge in [0.25, 0.3) is 0 Å². The van der Waals surface area contributed by atoms with Crippen LogP contribution in [0, 0.1) is 18.3 Å². The summed E-state index contributed by atoms with van der Waals surface area (Å²) in [4.78, 5) is 28.8. The van der Waals surface area contributed by atoms with Gasteiger partial charge in [-0.15, -0.1) is 6.42 Å². The molecule has 172 valence electrons. The highest BCUT2D eigenvalue weighted by Crippen LogP contribution is 2.47. The number of terminal acetylenes is 1. The first-order valence-electron chi connectivity index (χ1n) is 10.6. The number of amides is 1. The zero-order valence-electron chi connectivity index (χ0n) is 18.6. The van der Waals surface area contributed by atoms with Crippen LogP contribution >= 0.6 is 0 Å². The van der Waals surface area contributed by atoms with E-state index >= 15 is 0 Å². The lowest BCUT2D eigenvalue weighted by Gasteiger charge is -2.28. The fraction of sp³-hybridized carbons (Fsp3) is 0.360. The summed E-state index contributed by atoms with van der Waals surface area (Å²) >= 11 is 0. The molecule has 2 aromatic rings. The number of aliphatic carboxylic acids is 1. The third kappa shape index (κ3) is 4.45. The number of methoxy groups -OCH3 is 1. The van der Waals surface area contributed by atoms with E-state index in [1.807, 2.05) is 29.2 Å². The highest BCUT2D eigenvalue weighted by molar-refractivity contribution is 5.79. The normalized spacial score (nSPS) is 21.4. The number of hydrogen-bond acceptors (Lipinski definition) is 6. The molecule has 4 rings (SSSR count). The molecule has 1 fully saturated rings. The number of carboxylic acids is 1. The number of rotatable bonds is 7. The highest BCUT2D eigenvalue weighted by atomic mass is 16.7. The number of fused-ring (bicyclic) bond motifs is 1. The number of likely N-dealkylation sites (N-methyl/N-ethyl adjacent to an activating group) is 1. The van der Waals surface area contributed by atoms with Crippen LogP contribution in [0.2, 0.25) is 0 Å². The number of nitrogens with zero attached hydrogens (tertiary/aromatic N) is 2. The zero-order chi connectivity index (χ0) is 23.5. The molecule has 1 amide bonds. The standard InChI is InChI=1S/C25H26N2O6/c1-4-11-26(2)22(28)14-27-13-19(17-7-10-20-21(12-17)33-15-32-20)23(25(29)30)24(27)16-5-8-18(31-3)9-6-16/h1,5-10,12,19,23-24H,11,13-15H2,2-3H3,(H,29,30)/t19?,23-,24+/m0/s1. The number of carboxylic acid groups (broad SMARTS) is 1. The molecule has 2 aliphatic rings. The summed E-state index contributed by atoms with van der Waals surface area (Å²) in [6.45, 7) is 0.777. The predicted octanol–water partition coefficient (Wildman–Crippen LogP) is 2.36. The maximum absolute atomic E-state index is 12.8. The molecule has 0 aliphatic carbocycles. The van der Waals surface area contributed by atoms with Crippen molar-refractivity contribution in [2.24, 2.45) is 5.92 Å². The topological polar surface area (TPSA) is 88.5 Å². The largest absolute Gasteiger partial charge is 0.497 e. The van der Waals surface area contributed by atoms with Crippen LogP contribution in [0.5, 0.6) is 17.2 Å². The molecule has 2 heterocycles. The van der Waals surface area contributed by atoms with Crippen molar-refractivity contribution in [1.82, 2.24) is 9.80 Å². The number of likely N-dealkylation sites (tertiary alicyclic amines) is 1. The Morgan fingerprint density at radius 3 is 2.55 bits per heavy atom. The minimum absolute atomic E-state index is 0.0553. The first kappa shape index (κ1) is 22.5. The number of benzene rings is 2. The number of hydrogen-bond donors (Lipinski definition) is 1. The van der Waals surface area contributed by atoms with Gasteiger partial charge in [-0.3, -0.25) is 14.5 Å². The van der Waals surface area contributed by atoms with Gasteiger partial charge in [0.15, 0.2) is 11.5 Å². The van der Waals surface area contributed by atoms with Gasteiger partial charge in [-0.2, -0.15) is 0 Å². The van der Waals surface area contributed by atoms with E-state index in [-0.39, 0.29) is 31.7 Å². The van der Waals surface area contributed by atoms with Crippen LogP contribution in [0.4, 0.5) is 0 Å². The summed E-state index contributed by atoms with van der Waals surface area (Å²) in [6, 6.07) is 12.3. The fourth-order valence-corrected chi connectivity index (χ4v) is 4.59. The van der Waals surface area contributed by atoms with E-state index in [2.05, 4.69) is 5.92 Å². The quantitative estimate of drug-likeness (QED) is 0.648. The van der Waals surface area contributed by atoms with E-state index < -0.39 is 17.9 Å². The Balaban J connectivity index is 1.71. The van der Waals surface area contributed by atoms with Crippen molar-refractivity contribution in [1.29, 1.82) is 0 Å². The number of carbonyl (C=O) groups is 2. The van der Waals surface area contributed by atoms with Gasteiger partial charge in [-0.1, -0.05) is 24.1 Å². The third-order valence-electron chi connectivity index (χ3n) is 6.26. The molecular formula is C25H26N2O6. The van der Waals surface area contributed by atoms with Crippen LogP contribution in [-0.2, 0) is 9.59 Å². The van der Waals surface area contributed by atoms with Gasteiger partial charge >= 0.3 is 5.97 Å². The molecule has 0 aromatic heterocycles. The number of carbonyl (C=O) groups excluding carboxylic acids is 1. The van der Waals surface area contributed by atoms with Crippen LogP contribution in [0.15, 0.2) is 42.5 Å². The molecule has 0 spiro atoms. The summed E-state index contributed by atoms with van der Waals surface area (Å²) in [5.41, 5.74) is 1.64. The van der Waals surface area contributed by atoms with Crippen molar-refractivity contribution in [3.63, 3.8) is 0 Å². The second kappa shape index (κ2) is 9.43. The van der Waals surface area contributed by atoms with Gasteiger partial charge in [-0.05, 0) is 35.4 Å². The van der Waals surface area contributed by atoms with E-state index in [0.29, 0.717) is 23.8 Å². The highest BCUT2D eigenvalue weighted by Gasteiger charge is 2.48. The Kier molecular flexibility index (Phi) is 6.43. The minimum Gasteiger partial charge on any atom is -0.497 e. The Hall–Kier alpha value is -3.70. The molecule has 1 saturated heterocycles. The van der Waals surface area contributed by atoms with Gasteiger partial charge < -0.3 is 24.2 Å². The van der Waals surface area contributed by atoms with Crippen molar-refractivity contribution in [2.45, 2.75) is 12.0 Å². The van der Waals surface area contributed by atoms with Crippen LogP contribution in [-0.4, -0.2) is 67.4 Å². The molecule has 33 heavy (non-hydrogen) atoms. The zero-order valence-corrected chi connectivity index (χ0v) is 18.6. The smallest absolute Gasteiger partial charge is 0.309 e. The second-order valence-electron chi connectivity index (χ2n) is 8.18. The van der Waals surface area contributed by atoms with Crippen molar-refractivity contribution in [3.8, 4) is 29.6 Å². The predicted molar refractivity (Wildman–Crippen MR) is 120 cm³/mol. The molecule has 0 saturated carbocycles. The molecule has 2 aliphatic heterocycles. The van der Waals surface area contributed by atoms with Crippen LogP contribution < -0.4 is 14.2 Å². The molecule has 2 aromatic carbocycles. The first-order valence-corrected chi connectivity index (χ1v) is 10.6. The lowest BCUT2D eigenvalue weighted by atomic mass is 9.82. The third-order valence-corrected chi connectivity index (χ3v) is 6.26. The summed E-state index contributed by atoms with van der Waals surface area (Å²) in [6.07, 6.45) is 5.36. The van der Waals surface area contributed by atoms with E-state index in [1.165, 1.54) is 4.90 Å². The van der Waals surface area contributed by atoms with Gasteiger partial charge in [0, 0.05) is 25.6 Å². The summed E-state index contributed by atoms with van der Waals surface area (Å²) in [5.74, 6) is 2.16. The number of ether oxygens (including phenoxy) is 3. The Morgan fingerprint density at radius 2 is 1.88 bits per heavy atom. The van der Waals surface area contributed by atoms with Crippen LogP contribution in [0.25, 0.3) is 0 Å². The van der Waals surface area contributed by atoms with Gasteiger partial charge in [-0.25, -0.2) is 0 Å². The molecule has 1 unspecified atom stereocenters. The van der Waals surface area contributed by atoms with Gasteiger partial charge in [0.1, 0.15) is 5.75 Å². The molecule has 1 N–H and O–H groups in total. The molecule has 8 heteroatoms. The monoisotopic (exact) mass is 450 g/mol. The Bertz CT molecular complexity index is 1080. The van der Waals surface area contributed by atoms with Gasteiger partial charge in [0.2, 0.25) is 12.7 Å². The van der Waals surface area contributed by atoms with Crippen molar-refractivity contribution < 1.29 is 28.9 Å². The lowest BCUT2D eigenvalue weighted by molar-refractivity contribution is -0.143. The summed E-state index contributed by atoms with van der Waals surface area (Å²) < 4.78 is 16.2. The fourth-order valence-electron chi connectivity index (χ4n) is 4.59. The van der Waals surface area contributed by atoms with Crippen LogP contribution in [0.1, 0.15) is 23.1 Å². The molecule has 0 bridgehead atoms. The lowest BCUT2D eigenvalue weighted by Crippen LogP contribution is -2.39. The first-order chi connectivity index (χ1) is 15.9. The molecule has 3 atom stereocenters. The Labute approximate surface area is 192 Å². The van der Waals surface area contributed by atoms with Crippen molar-refractivity contribution in [2.75, 3.05) is 40.6 Å². The maximum atomic E-state index is 12.8. The minimum atomic E-state index is -0.926. The van der Waals surface area contributed by atoms with Crippen molar-refractivity contribution in [3.05, 3.63) is 53.6 Å². The van der Waals surface area contributed by atoms with Crippen molar-refractivity contribution >= 4 is 11.9 Å².